The van der Waals surface area contributed by atoms with E-state index in [1.807, 2.05) is 36.9 Å². The molecule has 0 spiro atoms. The van der Waals surface area contributed by atoms with E-state index in [0.717, 1.165) is 11.1 Å². The number of amides is 2. The number of hydrogen-bond donors (Lipinski definition) is 1. The Morgan fingerprint density at radius 1 is 1.15 bits per heavy atom. The summed E-state index contributed by atoms with van der Waals surface area (Å²) in [5, 5.41) is 3.86. The molecule has 0 saturated carbocycles. The molecule has 6 heteroatoms. The molecule has 1 atom stereocenters. The second-order valence-corrected chi connectivity index (χ2v) is 7.44. The number of carbonyl (C=O) groups excluding carboxylic acids is 2. The third-order valence-corrected chi connectivity index (χ3v) is 5.73. The Morgan fingerprint density at radius 2 is 1.81 bits per heavy atom. The predicted molar refractivity (Wildman–Crippen MR) is 108 cm³/mol. The second-order valence-electron chi connectivity index (χ2n) is 6.62. The van der Waals surface area contributed by atoms with Crippen LogP contribution in [0.15, 0.2) is 36.4 Å². The lowest BCUT2D eigenvalue weighted by atomic mass is 9.89. The van der Waals surface area contributed by atoms with E-state index in [9.17, 15) is 9.59 Å². The fraction of sp³-hybridized carbons (Fsp3) is 0.333. The van der Waals surface area contributed by atoms with E-state index >= 15 is 0 Å². The average molecular weight is 405 g/mol. The first-order valence-corrected chi connectivity index (χ1v) is 9.82. The molecule has 1 N–H and O–H groups in total. The van der Waals surface area contributed by atoms with Crippen LogP contribution >= 0.6 is 23.2 Å². The number of rotatable bonds is 4. The number of halogens is 2. The van der Waals surface area contributed by atoms with E-state index in [-0.39, 0.29) is 24.3 Å². The highest BCUT2D eigenvalue weighted by atomic mass is 35.5. The Balaban J connectivity index is 1.85. The maximum Gasteiger partial charge on any atom is 0.251 e. The molecule has 0 fully saturated rings. The molecule has 0 radical (unpaired) electrons. The summed E-state index contributed by atoms with van der Waals surface area (Å²) in [5.41, 5.74) is 3.39. The molecular formula is C21H22Cl2N2O2. The molecule has 0 aliphatic carbocycles. The minimum atomic E-state index is -0.114. The third kappa shape index (κ3) is 3.97. The fourth-order valence-corrected chi connectivity index (χ4v) is 4.16. The number of benzene rings is 2. The van der Waals surface area contributed by atoms with Gasteiger partial charge in [0.15, 0.2) is 0 Å². The van der Waals surface area contributed by atoms with Crippen LogP contribution in [-0.4, -0.2) is 29.8 Å². The summed E-state index contributed by atoms with van der Waals surface area (Å²) >= 11 is 12.4. The molecule has 0 unspecified atom stereocenters. The van der Waals surface area contributed by atoms with Gasteiger partial charge in [0.2, 0.25) is 5.91 Å². The molecule has 3 rings (SSSR count). The largest absolute Gasteiger partial charge is 0.352 e. The van der Waals surface area contributed by atoms with E-state index in [1.54, 1.807) is 18.2 Å². The lowest BCUT2D eigenvalue weighted by Crippen LogP contribution is -2.40. The van der Waals surface area contributed by atoms with Gasteiger partial charge < -0.3 is 10.2 Å². The summed E-state index contributed by atoms with van der Waals surface area (Å²) in [6.45, 7) is 5.04. The van der Waals surface area contributed by atoms with E-state index in [0.29, 0.717) is 40.7 Å². The van der Waals surface area contributed by atoms with Crippen molar-refractivity contribution in [3.8, 4) is 0 Å². The van der Waals surface area contributed by atoms with Crippen molar-refractivity contribution in [3.63, 3.8) is 0 Å². The topological polar surface area (TPSA) is 49.4 Å². The monoisotopic (exact) mass is 404 g/mol. The van der Waals surface area contributed by atoms with Crippen LogP contribution < -0.4 is 5.32 Å². The van der Waals surface area contributed by atoms with Crippen molar-refractivity contribution >= 4 is 35.0 Å². The Hall–Kier alpha value is -2.04. The standard InChI is InChI=1S/C21H22Cl2N2O2/c1-3-24-21(27)16-7-4-6-14-13(2)25(11-10-15(14)16)20(26)12-17-18(22)8-5-9-19(17)23/h4-9,13H,3,10-12H2,1-2H3,(H,24,27)/t13-/m0/s1. The van der Waals surface area contributed by atoms with Gasteiger partial charge in [-0.2, -0.15) is 0 Å². The molecule has 2 amide bonds. The van der Waals surface area contributed by atoms with Gasteiger partial charge in [-0.3, -0.25) is 9.59 Å². The number of carbonyl (C=O) groups is 2. The highest BCUT2D eigenvalue weighted by Crippen LogP contribution is 2.33. The van der Waals surface area contributed by atoms with Crippen molar-refractivity contribution in [1.82, 2.24) is 10.2 Å². The normalized spacial score (nSPS) is 16.0. The highest BCUT2D eigenvalue weighted by Gasteiger charge is 2.30. The Labute approximate surface area is 169 Å². The van der Waals surface area contributed by atoms with Crippen molar-refractivity contribution in [2.45, 2.75) is 32.7 Å². The molecule has 27 heavy (non-hydrogen) atoms. The molecule has 0 saturated heterocycles. The number of nitrogens with one attached hydrogen (secondary N) is 1. The second kappa shape index (κ2) is 8.32. The first-order valence-electron chi connectivity index (χ1n) is 9.06. The summed E-state index contributed by atoms with van der Waals surface area (Å²) < 4.78 is 0. The van der Waals surface area contributed by atoms with Crippen LogP contribution in [0.4, 0.5) is 0 Å². The maximum atomic E-state index is 12.9. The van der Waals surface area contributed by atoms with E-state index in [2.05, 4.69) is 5.32 Å². The number of fused-ring (bicyclic) bond motifs is 1. The van der Waals surface area contributed by atoms with Gasteiger partial charge in [0, 0.05) is 28.7 Å². The van der Waals surface area contributed by atoms with Gasteiger partial charge >= 0.3 is 0 Å². The third-order valence-electron chi connectivity index (χ3n) is 5.02. The van der Waals surface area contributed by atoms with Crippen molar-refractivity contribution in [1.29, 1.82) is 0 Å². The van der Waals surface area contributed by atoms with Gasteiger partial charge in [-0.15, -0.1) is 0 Å². The SMILES string of the molecule is CCNC(=O)c1cccc2c1CCN(C(=O)Cc1c(Cl)cccc1Cl)[C@H]2C. The van der Waals surface area contributed by atoms with Gasteiger partial charge in [-0.05, 0) is 55.2 Å². The van der Waals surface area contributed by atoms with Crippen molar-refractivity contribution in [3.05, 3.63) is 68.7 Å². The zero-order chi connectivity index (χ0) is 19.6. The first kappa shape index (κ1) is 19.7. The lowest BCUT2D eigenvalue weighted by molar-refractivity contribution is -0.133. The van der Waals surface area contributed by atoms with Crippen LogP contribution in [0, 0.1) is 0 Å². The summed E-state index contributed by atoms with van der Waals surface area (Å²) in [6.07, 6.45) is 0.809. The van der Waals surface area contributed by atoms with Crippen LogP contribution in [0.1, 0.15) is 46.9 Å². The van der Waals surface area contributed by atoms with Crippen molar-refractivity contribution in [2.24, 2.45) is 0 Å². The Morgan fingerprint density at radius 3 is 2.48 bits per heavy atom. The summed E-state index contributed by atoms with van der Waals surface area (Å²) in [7, 11) is 0. The molecule has 142 valence electrons. The quantitative estimate of drug-likeness (QED) is 0.818. The van der Waals surface area contributed by atoms with Gasteiger partial charge in [-0.25, -0.2) is 0 Å². The van der Waals surface area contributed by atoms with Gasteiger partial charge in [0.1, 0.15) is 0 Å². The molecule has 1 aliphatic rings. The zero-order valence-corrected chi connectivity index (χ0v) is 16.9. The van der Waals surface area contributed by atoms with Gasteiger partial charge in [0.05, 0.1) is 12.5 Å². The molecule has 2 aromatic carbocycles. The molecule has 4 nitrogen and oxygen atoms in total. The van der Waals surface area contributed by atoms with Crippen molar-refractivity contribution in [2.75, 3.05) is 13.1 Å². The maximum absolute atomic E-state index is 12.9. The molecule has 2 aromatic rings. The molecule has 1 aliphatic heterocycles. The zero-order valence-electron chi connectivity index (χ0n) is 15.4. The van der Waals surface area contributed by atoms with Crippen LogP contribution in [-0.2, 0) is 17.6 Å². The van der Waals surface area contributed by atoms with Crippen molar-refractivity contribution < 1.29 is 9.59 Å². The van der Waals surface area contributed by atoms with Crippen LogP contribution in [0.2, 0.25) is 10.0 Å². The summed E-state index contributed by atoms with van der Waals surface area (Å²) in [5.74, 6) is -0.0873. The van der Waals surface area contributed by atoms with Crippen LogP contribution in [0.5, 0.6) is 0 Å². The summed E-state index contributed by atoms with van der Waals surface area (Å²) in [4.78, 5) is 27.1. The lowest BCUT2D eigenvalue weighted by Gasteiger charge is -2.36. The van der Waals surface area contributed by atoms with Gasteiger partial charge in [0.25, 0.3) is 5.91 Å². The first-order chi connectivity index (χ1) is 12.9. The van der Waals surface area contributed by atoms with Gasteiger partial charge in [-0.1, -0.05) is 41.4 Å². The fourth-order valence-electron chi connectivity index (χ4n) is 3.63. The summed E-state index contributed by atoms with van der Waals surface area (Å²) in [6, 6.07) is 10.8. The minimum absolute atomic E-state index is 0.0217. The van der Waals surface area contributed by atoms with E-state index < -0.39 is 0 Å². The minimum Gasteiger partial charge on any atom is -0.352 e. The highest BCUT2D eigenvalue weighted by molar-refractivity contribution is 6.36. The van der Waals surface area contributed by atoms with Crippen LogP contribution in [0.3, 0.4) is 0 Å². The average Bonchev–Trinajstić information content (AvgIpc) is 2.65. The molecule has 0 aromatic heterocycles. The number of nitrogens with zero attached hydrogens (tertiary/aromatic N) is 1. The van der Waals surface area contributed by atoms with E-state index in [4.69, 9.17) is 23.2 Å². The Kier molecular flexibility index (Phi) is 6.08. The smallest absolute Gasteiger partial charge is 0.251 e. The van der Waals surface area contributed by atoms with Crippen LogP contribution in [0.25, 0.3) is 0 Å². The molecular weight excluding hydrogens is 383 g/mol. The Bertz CT molecular complexity index is 862. The van der Waals surface area contributed by atoms with E-state index in [1.165, 1.54) is 0 Å². The predicted octanol–water partition coefficient (Wildman–Crippen LogP) is 4.43. The molecule has 0 bridgehead atoms. The molecule has 1 heterocycles. The number of hydrogen-bond acceptors (Lipinski definition) is 2.